The van der Waals surface area contributed by atoms with Crippen LogP contribution in [0.2, 0.25) is 5.02 Å². The molecular formula is C17H12BrClNO4-. The number of anilines is 1. The molecule has 5 nitrogen and oxygen atoms in total. The lowest BCUT2D eigenvalue weighted by Gasteiger charge is -2.12. The van der Waals surface area contributed by atoms with Crippen molar-refractivity contribution in [2.45, 2.75) is 12.8 Å². The van der Waals surface area contributed by atoms with Crippen molar-refractivity contribution in [1.82, 2.24) is 0 Å². The molecule has 0 saturated heterocycles. The van der Waals surface area contributed by atoms with Crippen molar-refractivity contribution in [1.29, 1.82) is 0 Å². The number of carbonyl (C=O) groups is 3. The predicted octanol–water partition coefficient (Wildman–Crippen LogP) is 2.80. The lowest BCUT2D eigenvalue weighted by atomic mass is 10.0. The van der Waals surface area contributed by atoms with Crippen LogP contribution < -0.4 is 10.4 Å². The van der Waals surface area contributed by atoms with Gasteiger partial charge in [-0.1, -0.05) is 39.7 Å². The van der Waals surface area contributed by atoms with Gasteiger partial charge in [0.2, 0.25) is 5.91 Å². The van der Waals surface area contributed by atoms with Gasteiger partial charge in [-0.05, 0) is 36.8 Å². The zero-order chi connectivity index (χ0) is 17.7. The molecule has 0 aliphatic rings. The summed E-state index contributed by atoms with van der Waals surface area (Å²) in [6.07, 6.45) is -0.631. The second kappa shape index (κ2) is 8.08. The highest BCUT2D eigenvalue weighted by Gasteiger charge is 2.18. The number of carboxylic acids is 1. The van der Waals surface area contributed by atoms with Crippen molar-refractivity contribution >= 4 is 50.9 Å². The quantitative estimate of drug-likeness (QED) is 0.743. The van der Waals surface area contributed by atoms with Crippen LogP contribution in [-0.4, -0.2) is 17.7 Å². The molecule has 0 atom stereocenters. The Morgan fingerprint density at radius 3 is 2.42 bits per heavy atom. The van der Waals surface area contributed by atoms with E-state index in [0.29, 0.717) is 15.1 Å². The summed E-state index contributed by atoms with van der Waals surface area (Å²) in [6.45, 7) is 0. The molecule has 0 bridgehead atoms. The summed E-state index contributed by atoms with van der Waals surface area (Å²) in [5.41, 5.74) is 0.841. The van der Waals surface area contributed by atoms with Crippen LogP contribution in [0, 0.1) is 0 Å². The highest BCUT2D eigenvalue weighted by Crippen LogP contribution is 2.26. The molecule has 0 unspecified atom stereocenters. The fraction of sp³-hybridized carbons (Fsp3) is 0.118. The topological polar surface area (TPSA) is 86.3 Å². The summed E-state index contributed by atoms with van der Waals surface area (Å²) in [5.74, 6) is -2.18. The summed E-state index contributed by atoms with van der Waals surface area (Å²) in [4.78, 5) is 35.0. The maximum absolute atomic E-state index is 12.7. The molecule has 0 aliphatic carbocycles. The predicted molar refractivity (Wildman–Crippen MR) is 91.9 cm³/mol. The minimum absolute atomic E-state index is 0.238. The second-order valence-electron chi connectivity index (χ2n) is 4.92. The van der Waals surface area contributed by atoms with E-state index in [9.17, 15) is 19.5 Å². The third-order valence-electron chi connectivity index (χ3n) is 3.17. The summed E-state index contributed by atoms with van der Waals surface area (Å²) >= 11 is 9.35. The van der Waals surface area contributed by atoms with Gasteiger partial charge in [0.15, 0.2) is 5.78 Å². The van der Waals surface area contributed by atoms with Gasteiger partial charge in [0.1, 0.15) is 0 Å². The zero-order valence-corrected chi connectivity index (χ0v) is 14.7. The number of halogens is 2. The van der Waals surface area contributed by atoms with Crippen LogP contribution in [0.5, 0.6) is 0 Å². The first-order valence-electron chi connectivity index (χ1n) is 6.97. The highest BCUT2D eigenvalue weighted by atomic mass is 79.9. The Kier molecular flexibility index (Phi) is 6.11. The van der Waals surface area contributed by atoms with E-state index >= 15 is 0 Å². The van der Waals surface area contributed by atoms with Crippen molar-refractivity contribution in [3.8, 4) is 0 Å². The summed E-state index contributed by atoms with van der Waals surface area (Å²) in [6, 6.07) is 11.4. The van der Waals surface area contributed by atoms with Crippen molar-refractivity contribution in [2.75, 3.05) is 5.32 Å². The molecule has 0 saturated carbocycles. The summed E-state index contributed by atoms with van der Waals surface area (Å²) in [7, 11) is 0. The van der Waals surface area contributed by atoms with Crippen LogP contribution in [0.1, 0.15) is 28.8 Å². The monoisotopic (exact) mass is 408 g/mol. The number of rotatable bonds is 6. The molecule has 1 amide bonds. The molecule has 0 radical (unpaired) electrons. The second-order valence-corrected chi connectivity index (χ2v) is 6.24. The molecule has 24 heavy (non-hydrogen) atoms. The van der Waals surface area contributed by atoms with Gasteiger partial charge in [-0.25, -0.2) is 0 Å². The Balaban J connectivity index is 2.31. The molecule has 2 rings (SSSR count). The Bertz CT molecular complexity index is 807. The number of ketones is 1. The lowest BCUT2D eigenvalue weighted by molar-refractivity contribution is -0.305. The number of carboxylic acid groups (broad SMARTS) is 1. The first kappa shape index (κ1) is 18.2. The molecule has 7 heteroatoms. The van der Waals surface area contributed by atoms with Gasteiger partial charge in [0.25, 0.3) is 0 Å². The van der Waals surface area contributed by atoms with E-state index in [1.165, 1.54) is 0 Å². The Hall–Kier alpha value is -2.18. The van der Waals surface area contributed by atoms with Gasteiger partial charge >= 0.3 is 0 Å². The largest absolute Gasteiger partial charge is 0.550 e. The van der Waals surface area contributed by atoms with E-state index in [1.807, 2.05) is 0 Å². The van der Waals surface area contributed by atoms with Crippen molar-refractivity contribution in [2.24, 2.45) is 0 Å². The fourth-order valence-electron chi connectivity index (χ4n) is 2.03. The third-order valence-corrected chi connectivity index (χ3v) is 4.00. The van der Waals surface area contributed by atoms with Crippen LogP contribution in [0.25, 0.3) is 0 Å². The molecule has 0 heterocycles. The fourth-order valence-corrected chi connectivity index (χ4v) is 2.61. The van der Waals surface area contributed by atoms with Crippen molar-refractivity contribution < 1.29 is 19.5 Å². The average Bonchev–Trinajstić information content (AvgIpc) is 2.54. The SMILES string of the molecule is O=C([O-])CCC(=O)Nc1ccc(Br)cc1C(=O)c1ccccc1Cl. The van der Waals surface area contributed by atoms with Crippen LogP contribution in [0.15, 0.2) is 46.9 Å². The van der Waals surface area contributed by atoms with Gasteiger partial charge in [0, 0.05) is 28.0 Å². The molecule has 124 valence electrons. The Labute approximate surface area is 151 Å². The number of carbonyl (C=O) groups excluding carboxylic acids is 3. The number of nitrogens with one attached hydrogen (secondary N) is 1. The van der Waals surface area contributed by atoms with Gasteiger partial charge in [-0.2, -0.15) is 0 Å². The molecule has 0 aromatic heterocycles. The Morgan fingerprint density at radius 1 is 1.04 bits per heavy atom. The van der Waals surface area contributed by atoms with Crippen LogP contribution >= 0.6 is 27.5 Å². The smallest absolute Gasteiger partial charge is 0.224 e. The maximum atomic E-state index is 12.7. The number of hydrogen-bond acceptors (Lipinski definition) is 4. The summed E-state index contributed by atoms with van der Waals surface area (Å²) < 4.78 is 0.658. The minimum Gasteiger partial charge on any atom is -0.550 e. The van der Waals surface area contributed by atoms with E-state index < -0.39 is 18.3 Å². The molecule has 0 spiro atoms. The van der Waals surface area contributed by atoms with Crippen LogP contribution in [0.4, 0.5) is 5.69 Å². The minimum atomic E-state index is -1.31. The van der Waals surface area contributed by atoms with E-state index in [2.05, 4.69) is 21.2 Å². The Morgan fingerprint density at radius 2 is 1.75 bits per heavy atom. The number of benzene rings is 2. The highest BCUT2D eigenvalue weighted by molar-refractivity contribution is 9.10. The van der Waals surface area contributed by atoms with E-state index in [4.69, 9.17) is 11.6 Å². The molecule has 2 aromatic carbocycles. The van der Waals surface area contributed by atoms with E-state index in [-0.39, 0.29) is 23.5 Å². The van der Waals surface area contributed by atoms with Gasteiger partial charge in [0.05, 0.1) is 10.7 Å². The lowest BCUT2D eigenvalue weighted by Crippen LogP contribution is -2.24. The van der Waals surface area contributed by atoms with Crippen LogP contribution in [-0.2, 0) is 9.59 Å². The van der Waals surface area contributed by atoms with E-state index in [0.717, 1.165) is 0 Å². The average molecular weight is 410 g/mol. The number of amides is 1. The summed E-state index contributed by atoms with van der Waals surface area (Å²) in [5, 5.41) is 13.3. The molecule has 0 aliphatic heterocycles. The van der Waals surface area contributed by atoms with Gasteiger partial charge in [-0.15, -0.1) is 0 Å². The first-order valence-corrected chi connectivity index (χ1v) is 8.14. The van der Waals surface area contributed by atoms with Gasteiger partial charge in [-0.3, -0.25) is 9.59 Å². The van der Waals surface area contributed by atoms with Crippen LogP contribution in [0.3, 0.4) is 0 Å². The van der Waals surface area contributed by atoms with Gasteiger partial charge < -0.3 is 15.2 Å². The standard InChI is InChI=1S/C17H13BrClNO4/c18-10-5-6-14(20-15(21)7-8-16(22)23)12(9-10)17(24)11-3-1-2-4-13(11)19/h1-6,9H,7-8H2,(H,20,21)(H,22,23)/p-1. The van der Waals surface area contributed by atoms with Crippen molar-refractivity contribution in [3.63, 3.8) is 0 Å². The molecule has 2 aromatic rings. The normalized spacial score (nSPS) is 10.2. The molecule has 1 N–H and O–H groups in total. The number of hydrogen-bond donors (Lipinski definition) is 1. The molecular weight excluding hydrogens is 398 g/mol. The third kappa shape index (κ3) is 4.66. The zero-order valence-electron chi connectivity index (χ0n) is 12.3. The van der Waals surface area contributed by atoms with Crippen molar-refractivity contribution in [3.05, 3.63) is 63.1 Å². The molecule has 0 fully saturated rings. The first-order chi connectivity index (χ1) is 11.4. The maximum Gasteiger partial charge on any atom is 0.224 e. The number of aliphatic carboxylic acids is 1. The van der Waals surface area contributed by atoms with E-state index in [1.54, 1.807) is 42.5 Å².